The molecule has 2 aromatic heterocycles. The van der Waals surface area contributed by atoms with Gasteiger partial charge in [0, 0.05) is 45.3 Å². The average Bonchev–Trinajstić information content (AvgIpc) is 4.01. The van der Waals surface area contributed by atoms with Crippen molar-refractivity contribution in [2.24, 2.45) is 0 Å². The fourth-order valence-electron chi connectivity index (χ4n) is 6.68. The second kappa shape index (κ2) is 17.9. The van der Waals surface area contributed by atoms with Gasteiger partial charge in [0.1, 0.15) is 11.6 Å². The number of rotatable bonds is 5. The van der Waals surface area contributed by atoms with Crippen LogP contribution in [0.15, 0.2) is 106 Å². The summed E-state index contributed by atoms with van der Waals surface area (Å²) in [5, 5.41) is 8.27. The Balaban J connectivity index is 0.000000182. The Morgan fingerprint density at radius 1 is 0.611 bits per heavy atom. The smallest absolute Gasteiger partial charge is 0.244 e. The van der Waals surface area contributed by atoms with Gasteiger partial charge >= 0.3 is 0 Å². The first kappa shape index (κ1) is 38.1. The molecule has 1 aliphatic carbocycles. The molecule has 8 rings (SSSR count). The maximum absolute atomic E-state index is 13.2. The fraction of sp³-hybridized carbons (Fsp3) is 0.273. The Kier molecular flexibility index (Phi) is 12.7. The van der Waals surface area contributed by atoms with E-state index in [0.717, 1.165) is 60.4 Å². The third-order valence-corrected chi connectivity index (χ3v) is 9.47. The maximum Gasteiger partial charge on any atom is 0.244 e. The summed E-state index contributed by atoms with van der Waals surface area (Å²) in [5.74, 6) is 14.5. The van der Waals surface area contributed by atoms with E-state index >= 15 is 0 Å². The lowest BCUT2D eigenvalue weighted by molar-refractivity contribution is 0.170. The van der Waals surface area contributed by atoms with Crippen molar-refractivity contribution >= 4 is 12.4 Å². The molecule has 274 valence electrons. The highest BCUT2D eigenvalue weighted by Gasteiger charge is 2.32. The van der Waals surface area contributed by atoms with Crippen LogP contribution in [0.1, 0.15) is 98.4 Å². The molecule has 4 aromatic carbocycles. The minimum absolute atomic E-state index is 0. The third-order valence-electron chi connectivity index (χ3n) is 9.47. The molecule has 0 amide bonds. The summed E-state index contributed by atoms with van der Waals surface area (Å²) < 4.78 is 37.4. The van der Waals surface area contributed by atoms with Crippen molar-refractivity contribution in [3.63, 3.8) is 0 Å². The highest BCUT2D eigenvalue weighted by Crippen LogP contribution is 2.35. The summed E-state index contributed by atoms with van der Waals surface area (Å²) in [4.78, 5) is 11.6. The Morgan fingerprint density at radius 3 is 1.59 bits per heavy atom. The lowest BCUT2D eigenvalue weighted by atomic mass is 10.1. The molecule has 0 N–H and O–H groups in total. The predicted molar refractivity (Wildman–Crippen MR) is 207 cm³/mol. The van der Waals surface area contributed by atoms with Crippen molar-refractivity contribution in [3.8, 4) is 46.5 Å². The summed E-state index contributed by atoms with van der Waals surface area (Å²) >= 11 is 0. The van der Waals surface area contributed by atoms with E-state index < -0.39 is 0 Å². The summed E-state index contributed by atoms with van der Waals surface area (Å²) in [5.41, 5.74) is 4.80. The van der Waals surface area contributed by atoms with Crippen LogP contribution in [-0.2, 0) is 0 Å². The molecule has 0 bridgehead atoms. The second-order valence-electron chi connectivity index (χ2n) is 13.6. The molecular weight excluding hydrogens is 704 g/mol. The van der Waals surface area contributed by atoms with Gasteiger partial charge in [0.15, 0.2) is 0 Å². The summed E-state index contributed by atoms with van der Waals surface area (Å²) in [6.45, 7) is 5.46. The molecular formula is C44H40ClF2N5O2. The molecule has 10 heteroatoms. The monoisotopic (exact) mass is 743 g/mol. The third kappa shape index (κ3) is 9.68. The highest BCUT2D eigenvalue weighted by atomic mass is 35.5. The Morgan fingerprint density at radius 2 is 1.09 bits per heavy atom. The van der Waals surface area contributed by atoms with Crippen LogP contribution in [0.2, 0.25) is 0 Å². The lowest BCUT2D eigenvalue weighted by Crippen LogP contribution is -2.30. The van der Waals surface area contributed by atoms with E-state index in [-0.39, 0.29) is 30.1 Å². The molecule has 1 unspecified atom stereocenters. The first-order chi connectivity index (χ1) is 25.9. The van der Waals surface area contributed by atoms with Gasteiger partial charge in [-0.25, -0.2) is 8.78 Å². The van der Waals surface area contributed by atoms with E-state index in [1.807, 2.05) is 48.5 Å². The summed E-state index contributed by atoms with van der Waals surface area (Å²) in [7, 11) is 0. The number of halogens is 3. The van der Waals surface area contributed by atoms with Gasteiger partial charge in [-0.1, -0.05) is 59.0 Å². The van der Waals surface area contributed by atoms with Crippen LogP contribution in [0.4, 0.5) is 8.78 Å². The molecule has 0 spiro atoms. The Hall–Kier alpha value is -5.61. The van der Waals surface area contributed by atoms with Crippen molar-refractivity contribution in [1.82, 2.24) is 25.2 Å². The standard InChI is InChI=1S/C23H22FN3O.C21H17FN2O.ClH/c1-16(2)27-14-4-7-21(27)23-25-22(26-28-23)19-12-10-17(11-13-19)8-9-18-5-3-6-20(24)15-18;22-19-7-3-4-16(14-19)9-8-15-10-12-17(13-11-15)20-23-21(25-24-20)18-5-1-2-6-18;/h3,5-6,10-13,15-16,21H,4,7,14H2,1-2H3;3-4,7,10-14,18H,1-2,5-6H2;1H. The fourth-order valence-corrected chi connectivity index (χ4v) is 6.68. The van der Waals surface area contributed by atoms with E-state index in [1.54, 1.807) is 24.3 Å². The van der Waals surface area contributed by atoms with Crippen molar-refractivity contribution < 1.29 is 17.8 Å². The van der Waals surface area contributed by atoms with E-state index in [9.17, 15) is 8.78 Å². The number of aromatic nitrogens is 4. The van der Waals surface area contributed by atoms with Crippen LogP contribution in [0.25, 0.3) is 22.8 Å². The molecule has 2 fully saturated rings. The van der Waals surface area contributed by atoms with Gasteiger partial charge in [0.25, 0.3) is 0 Å². The minimum atomic E-state index is -0.284. The molecule has 3 heterocycles. The van der Waals surface area contributed by atoms with Gasteiger partial charge in [0.2, 0.25) is 23.4 Å². The molecule has 7 nitrogen and oxygen atoms in total. The van der Waals surface area contributed by atoms with Gasteiger partial charge in [-0.15, -0.1) is 12.4 Å². The molecule has 54 heavy (non-hydrogen) atoms. The van der Waals surface area contributed by atoms with Gasteiger partial charge in [0.05, 0.1) is 6.04 Å². The van der Waals surface area contributed by atoms with Crippen molar-refractivity contribution in [2.45, 2.75) is 70.4 Å². The van der Waals surface area contributed by atoms with Crippen LogP contribution in [0.5, 0.6) is 0 Å². The maximum atomic E-state index is 13.2. The number of hydrogen-bond acceptors (Lipinski definition) is 7. The van der Waals surface area contributed by atoms with Gasteiger partial charge < -0.3 is 9.05 Å². The first-order valence-electron chi connectivity index (χ1n) is 18.1. The number of nitrogens with zero attached hydrogens (tertiary/aromatic N) is 5. The average molecular weight is 744 g/mol. The van der Waals surface area contributed by atoms with Crippen LogP contribution >= 0.6 is 12.4 Å². The number of hydrogen-bond donors (Lipinski definition) is 0. The van der Waals surface area contributed by atoms with Gasteiger partial charge in [-0.2, -0.15) is 9.97 Å². The Bertz CT molecular complexity index is 2270. The molecule has 1 saturated carbocycles. The van der Waals surface area contributed by atoms with Crippen molar-refractivity contribution in [1.29, 1.82) is 0 Å². The largest absolute Gasteiger partial charge is 0.339 e. The Labute approximate surface area is 320 Å². The number of likely N-dealkylation sites (tertiary alicyclic amines) is 1. The predicted octanol–water partition coefficient (Wildman–Crippen LogP) is 10.2. The first-order valence-corrected chi connectivity index (χ1v) is 18.1. The summed E-state index contributed by atoms with van der Waals surface area (Å²) in [6, 6.07) is 28.6. The van der Waals surface area contributed by atoms with Crippen molar-refractivity contribution in [2.75, 3.05) is 6.54 Å². The lowest BCUT2D eigenvalue weighted by Gasteiger charge is -2.25. The topological polar surface area (TPSA) is 81.1 Å². The normalized spacial score (nSPS) is 15.4. The van der Waals surface area contributed by atoms with E-state index in [0.29, 0.717) is 40.6 Å². The van der Waals surface area contributed by atoms with Crippen LogP contribution in [0.3, 0.4) is 0 Å². The zero-order valence-corrected chi connectivity index (χ0v) is 31.0. The molecule has 2 aliphatic rings. The molecule has 0 radical (unpaired) electrons. The molecule has 6 aromatic rings. The van der Waals surface area contributed by atoms with E-state index in [1.165, 1.54) is 37.1 Å². The van der Waals surface area contributed by atoms with Gasteiger partial charge in [-0.3, -0.25) is 4.90 Å². The summed E-state index contributed by atoms with van der Waals surface area (Å²) in [6.07, 6.45) is 6.95. The van der Waals surface area contributed by atoms with Crippen LogP contribution < -0.4 is 0 Å². The zero-order valence-electron chi connectivity index (χ0n) is 30.1. The van der Waals surface area contributed by atoms with Crippen LogP contribution in [-0.4, -0.2) is 37.8 Å². The number of benzene rings is 4. The van der Waals surface area contributed by atoms with Crippen LogP contribution in [0, 0.1) is 35.3 Å². The highest BCUT2D eigenvalue weighted by molar-refractivity contribution is 5.85. The van der Waals surface area contributed by atoms with Crippen molar-refractivity contribution in [3.05, 3.63) is 143 Å². The molecule has 1 aliphatic heterocycles. The SMILES string of the molecule is CC(C)N1CCCC1c1nc(-c2ccc(C#Cc3cccc(F)c3)cc2)no1.Cl.Fc1cccc(C#Cc2ccc(-c3noc(C4CCCC4)n3)cc2)c1. The molecule has 1 saturated heterocycles. The van der Waals surface area contributed by atoms with E-state index in [4.69, 9.17) is 9.05 Å². The second-order valence-corrected chi connectivity index (χ2v) is 13.6. The quantitative estimate of drug-likeness (QED) is 0.163. The minimum Gasteiger partial charge on any atom is -0.339 e. The zero-order chi connectivity index (χ0) is 36.6. The molecule has 1 atom stereocenters. The van der Waals surface area contributed by atoms with Gasteiger partial charge in [-0.05, 0) is 131 Å². The van der Waals surface area contributed by atoms with E-state index in [2.05, 4.69) is 62.7 Å².